The Balaban J connectivity index is 1.73. The van der Waals surface area contributed by atoms with Crippen molar-refractivity contribution in [1.29, 1.82) is 0 Å². The maximum Gasteiger partial charge on any atom is 0.253 e. The van der Waals surface area contributed by atoms with E-state index in [1.807, 2.05) is 49.1 Å². The van der Waals surface area contributed by atoms with Crippen LogP contribution in [0.2, 0.25) is 0 Å². The highest BCUT2D eigenvalue weighted by Crippen LogP contribution is 2.33. The molecule has 34 heavy (non-hydrogen) atoms. The monoisotopic (exact) mass is 461 g/mol. The van der Waals surface area contributed by atoms with E-state index < -0.39 is 7.92 Å². The summed E-state index contributed by atoms with van der Waals surface area (Å²) in [7, 11) is -0.740. The highest BCUT2D eigenvalue weighted by molar-refractivity contribution is 7.79. The minimum absolute atomic E-state index is 0.0470. The topological polar surface area (TPSA) is 20.3 Å². The Morgan fingerprint density at radius 2 is 1.29 bits per heavy atom. The lowest BCUT2D eigenvalue weighted by molar-refractivity contribution is 0.0773. The second kappa shape index (κ2) is 11.5. The maximum absolute atomic E-state index is 12.8. The Labute approximate surface area is 204 Å². The molecule has 0 spiro atoms. The Kier molecular flexibility index (Phi) is 7.92. The Bertz CT molecular complexity index is 1260. The fourth-order valence-corrected chi connectivity index (χ4v) is 6.32. The normalized spacial score (nSPS) is 10.4. The lowest BCUT2D eigenvalue weighted by atomic mass is 10.1. The van der Waals surface area contributed by atoms with Crippen LogP contribution in [0.1, 0.15) is 35.3 Å². The van der Waals surface area contributed by atoms with E-state index in [2.05, 4.69) is 90.7 Å². The molecule has 168 valence electrons. The van der Waals surface area contributed by atoms with Gasteiger partial charge in [0.05, 0.1) is 0 Å². The lowest BCUT2D eigenvalue weighted by Gasteiger charge is -2.20. The number of benzene rings is 4. The van der Waals surface area contributed by atoms with E-state index in [1.54, 1.807) is 0 Å². The molecule has 3 heteroatoms. The Hall–Kier alpha value is -3.66. The molecule has 0 unspecified atom stereocenters. The second-order valence-electron chi connectivity index (χ2n) is 7.83. The van der Waals surface area contributed by atoms with Gasteiger partial charge >= 0.3 is 0 Å². The van der Waals surface area contributed by atoms with Crippen LogP contribution in [0, 0.1) is 11.8 Å². The Morgan fingerprint density at radius 3 is 1.91 bits per heavy atom. The van der Waals surface area contributed by atoms with Crippen molar-refractivity contribution in [2.24, 2.45) is 0 Å². The van der Waals surface area contributed by atoms with Crippen molar-refractivity contribution in [3.05, 3.63) is 126 Å². The molecule has 4 aromatic carbocycles. The molecule has 1 amide bonds. The van der Waals surface area contributed by atoms with Crippen molar-refractivity contribution in [2.75, 3.05) is 13.1 Å². The second-order valence-corrected chi connectivity index (χ2v) is 10.0. The third kappa shape index (κ3) is 5.45. The van der Waals surface area contributed by atoms with Gasteiger partial charge in [0.1, 0.15) is 0 Å². The van der Waals surface area contributed by atoms with Gasteiger partial charge in [0.2, 0.25) is 0 Å². The molecule has 0 saturated carbocycles. The zero-order valence-corrected chi connectivity index (χ0v) is 20.5. The van der Waals surface area contributed by atoms with E-state index in [4.69, 9.17) is 0 Å². The molecule has 4 aromatic rings. The van der Waals surface area contributed by atoms with Crippen LogP contribution < -0.4 is 15.9 Å². The van der Waals surface area contributed by atoms with Gasteiger partial charge in [0.25, 0.3) is 5.91 Å². The lowest BCUT2D eigenvalue weighted by Crippen LogP contribution is -2.30. The van der Waals surface area contributed by atoms with Gasteiger partial charge in [-0.3, -0.25) is 4.79 Å². The fourth-order valence-electron chi connectivity index (χ4n) is 3.92. The van der Waals surface area contributed by atoms with Crippen LogP contribution in [0.5, 0.6) is 0 Å². The van der Waals surface area contributed by atoms with E-state index >= 15 is 0 Å². The van der Waals surface area contributed by atoms with Crippen LogP contribution in [0.3, 0.4) is 0 Å². The summed E-state index contributed by atoms with van der Waals surface area (Å²) in [5, 5.41) is 3.83. The van der Waals surface area contributed by atoms with Crippen molar-refractivity contribution in [2.45, 2.75) is 13.8 Å². The first kappa shape index (κ1) is 23.5. The molecule has 4 rings (SSSR count). The summed E-state index contributed by atoms with van der Waals surface area (Å²) in [6.07, 6.45) is 0. The smallest absolute Gasteiger partial charge is 0.253 e. The van der Waals surface area contributed by atoms with Crippen LogP contribution in [-0.2, 0) is 0 Å². The number of nitrogens with zero attached hydrogens (tertiary/aromatic N) is 1. The minimum Gasteiger partial charge on any atom is -0.339 e. The number of carbonyl (C=O) groups is 1. The van der Waals surface area contributed by atoms with E-state index in [0.717, 1.165) is 11.1 Å². The Morgan fingerprint density at radius 1 is 0.706 bits per heavy atom. The summed E-state index contributed by atoms with van der Waals surface area (Å²) in [6.45, 7) is 5.39. The van der Waals surface area contributed by atoms with Crippen LogP contribution in [0.25, 0.3) is 0 Å². The summed E-state index contributed by atoms with van der Waals surface area (Å²) >= 11 is 0. The molecule has 0 saturated heterocycles. The highest BCUT2D eigenvalue weighted by atomic mass is 31.1. The molecule has 0 aliphatic carbocycles. The van der Waals surface area contributed by atoms with Crippen molar-refractivity contribution in [3.63, 3.8) is 0 Å². The molecule has 0 N–H and O–H groups in total. The van der Waals surface area contributed by atoms with Crippen LogP contribution >= 0.6 is 7.92 Å². The van der Waals surface area contributed by atoms with E-state index in [-0.39, 0.29) is 5.91 Å². The van der Waals surface area contributed by atoms with Gasteiger partial charge in [-0.25, -0.2) is 0 Å². The molecule has 0 radical (unpaired) electrons. The molecule has 0 heterocycles. The van der Waals surface area contributed by atoms with Crippen molar-refractivity contribution in [1.82, 2.24) is 4.90 Å². The molecular weight excluding hydrogens is 433 g/mol. The van der Waals surface area contributed by atoms with Gasteiger partial charge in [-0.15, -0.1) is 0 Å². The SMILES string of the molecule is CCN(CC)C(=O)c1cccc(C#Cc2ccccc2P(c2ccccc2)c2ccccc2)c1. The minimum atomic E-state index is -0.740. The zero-order valence-electron chi connectivity index (χ0n) is 19.6. The number of hydrogen-bond acceptors (Lipinski definition) is 1. The summed E-state index contributed by atoms with van der Waals surface area (Å²) < 4.78 is 0. The molecule has 2 nitrogen and oxygen atoms in total. The molecule has 0 bridgehead atoms. The number of rotatable bonds is 6. The highest BCUT2D eigenvalue weighted by Gasteiger charge is 2.18. The fraction of sp³-hybridized carbons (Fsp3) is 0.129. The molecule has 0 aliphatic heterocycles. The first-order valence-corrected chi connectivity index (χ1v) is 13.0. The molecular formula is C31H28NOP. The van der Waals surface area contributed by atoms with Gasteiger partial charge in [-0.2, -0.15) is 0 Å². The summed E-state index contributed by atoms with van der Waals surface area (Å²) in [4.78, 5) is 14.6. The number of hydrogen-bond donors (Lipinski definition) is 0. The van der Waals surface area contributed by atoms with Crippen LogP contribution in [0.15, 0.2) is 109 Å². The number of amides is 1. The molecule has 0 fully saturated rings. The van der Waals surface area contributed by atoms with E-state index in [1.165, 1.54) is 15.9 Å². The maximum atomic E-state index is 12.8. The summed E-state index contributed by atoms with van der Waals surface area (Å²) in [6, 6.07) is 37.3. The van der Waals surface area contributed by atoms with Gasteiger partial charge in [-0.1, -0.05) is 96.8 Å². The molecule has 0 aliphatic rings. The van der Waals surface area contributed by atoms with Crippen LogP contribution in [0.4, 0.5) is 0 Å². The van der Waals surface area contributed by atoms with Crippen molar-refractivity contribution < 1.29 is 4.79 Å². The average Bonchev–Trinajstić information content (AvgIpc) is 2.90. The third-order valence-corrected chi connectivity index (χ3v) is 8.18. The first-order valence-electron chi connectivity index (χ1n) is 11.6. The average molecular weight is 462 g/mol. The predicted octanol–water partition coefficient (Wildman–Crippen LogP) is 5.33. The van der Waals surface area contributed by atoms with Gasteiger partial charge in [0.15, 0.2) is 0 Å². The predicted molar refractivity (Wildman–Crippen MR) is 145 cm³/mol. The van der Waals surface area contributed by atoms with E-state index in [9.17, 15) is 4.79 Å². The van der Waals surface area contributed by atoms with E-state index in [0.29, 0.717) is 18.7 Å². The number of carbonyl (C=O) groups excluding carboxylic acids is 1. The van der Waals surface area contributed by atoms with Gasteiger partial charge < -0.3 is 4.90 Å². The standard InChI is InChI=1S/C31H28NOP/c1-3-32(4-2)31(33)27-16-13-14-25(24-27)22-23-26-15-11-12-21-30(26)34(28-17-7-5-8-18-28)29-19-9-6-10-20-29/h5-21,24H,3-4H2,1-2H3. The quantitative estimate of drug-likeness (QED) is 0.281. The summed E-state index contributed by atoms with van der Waals surface area (Å²) in [5.74, 6) is 6.78. The largest absolute Gasteiger partial charge is 0.339 e. The van der Waals surface area contributed by atoms with Crippen molar-refractivity contribution >= 4 is 29.7 Å². The van der Waals surface area contributed by atoms with Gasteiger partial charge in [-0.05, 0) is 56.6 Å². The van der Waals surface area contributed by atoms with Gasteiger partial charge in [0, 0.05) is 35.1 Å². The van der Waals surface area contributed by atoms with Crippen LogP contribution in [-0.4, -0.2) is 23.9 Å². The molecule has 0 aromatic heterocycles. The van der Waals surface area contributed by atoms with Crippen molar-refractivity contribution in [3.8, 4) is 11.8 Å². The zero-order chi connectivity index (χ0) is 23.8. The first-order chi connectivity index (χ1) is 16.7. The summed E-state index contributed by atoms with van der Waals surface area (Å²) in [5.41, 5.74) is 2.54. The third-order valence-electron chi connectivity index (χ3n) is 5.68. The molecule has 0 atom stereocenters.